The molecule has 5 N–H and O–H groups in total. The molecule has 0 radical (unpaired) electrons. The van der Waals surface area contributed by atoms with Gasteiger partial charge in [0.15, 0.2) is 0 Å². The van der Waals surface area contributed by atoms with Crippen molar-refractivity contribution in [2.75, 3.05) is 42.7 Å². The Labute approximate surface area is 209 Å². The number of β-amino-alcohol motifs (C(OH)–C–C–N with tert-alkyl or cyclic N) is 1. The number of aliphatic hydroxyl groups is 1. The van der Waals surface area contributed by atoms with Crippen molar-refractivity contribution in [2.45, 2.75) is 31.5 Å². The van der Waals surface area contributed by atoms with E-state index < -0.39 is 6.10 Å². The van der Waals surface area contributed by atoms with E-state index in [1.165, 1.54) is 0 Å². The molecule has 2 saturated heterocycles. The van der Waals surface area contributed by atoms with Crippen LogP contribution in [0.5, 0.6) is 5.75 Å². The number of aromatic nitrogens is 2. The van der Waals surface area contributed by atoms with Crippen LogP contribution in [0.3, 0.4) is 0 Å². The molecule has 10 heteroatoms. The molecule has 1 aromatic heterocycles. The van der Waals surface area contributed by atoms with Crippen LogP contribution in [0.4, 0.5) is 27.8 Å². The van der Waals surface area contributed by atoms with E-state index in [1.54, 1.807) is 23.2 Å². The lowest BCUT2D eigenvalue weighted by Gasteiger charge is -2.24. The van der Waals surface area contributed by atoms with Gasteiger partial charge < -0.3 is 35.8 Å². The predicted molar refractivity (Wildman–Crippen MR) is 137 cm³/mol. The molecule has 0 bridgehead atoms. The number of urea groups is 1. The van der Waals surface area contributed by atoms with Crippen LogP contribution in [0.25, 0.3) is 11.3 Å². The summed E-state index contributed by atoms with van der Waals surface area (Å²) in [6.45, 7) is 2.30. The summed E-state index contributed by atoms with van der Waals surface area (Å²) in [4.78, 5) is 23.0. The molecule has 3 heterocycles. The average Bonchev–Trinajstić information content (AvgIpc) is 3.33. The normalized spacial score (nSPS) is 18.1. The Morgan fingerprint density at radius 2 is 1.94 bits per heavy atom. The first kappa shape index (κ1) is 23.8. The van der Waals surface area contributed by atoms with Gasteiger partial charge in [-0.05, 0) is 48.9 Å². The third-order valence-corrected chi connectivity index (χ3v) is 6.24. The Morgan fingerprint density at radius 1 is 1.11 bits per heavy atom. The quantitative estimate of drug-likeness (QED) is 0.385. The van der Waals surface area contributed by atoms with Crippen molar-refractivity contribution >= 4 is 29.0 Å². The van der Waals surface area contributed by atoms with Crippen molar-refractivity contribution in [2.24, 2.45) is 0 Å². The smallest absolute Gasteiger partial charge is 0.321 e. The number of benzene rings is 2. The molecule has 2 amide bonds. The summed E-state index contributed by atoms with van der Waals surface area (Å²) in [5, 5.41) is 15.7. The zero-order valence-electron chi connectivity index (χ0n) is 19.9. The number of aliphatic hydroxyl groups excluding tert-OH is 1. The Bertz CT molecular complexity index is 1220. The van der Waals surface area contributed by atoms with E-state index in [2.05, 4.69) is 20.6 Å². The number of anilines is 4. The van der Waals surface area contributed by atoms with E-state index in [0.29, 0.717) is 61.5 Å². The van der Waals surface area contributed by atoms with Gasteiger partial charge in [-0.15, -0.1) is 0 Å². The number of nitrogens with two attached hydrogens (primary N) is 1. The monoisotopic (exact) mass is 490 g/mol. The van der Waals surface area contributed by atoms with Gasteiger partial charge in [0, 0.05) is 49.1 Å². The maximum absolute atomic E-state index is 12.4. The summed E-state index contributed by atoms with van der Waals surface area (Å²) in [5.74, 6) is 1.08. The van der Waals surface area contributed by atoms with Gasteiger partial charge in [0.1, 0.15) is 11.9 Å². The predicted octanol–water partition coefficient (Wildman–Crippen LogP) is 3.63. The van der Waals surface area contributed by atoms with Crippen molar-refractivity contribution < 1.29 is 19.4 Å². The Morgan fingerprint density at radius 3 is 2.72 bits per heavy atom. The number of hydrogen-bond donors (Lipinski definition) is 4. The van der Waals surface area contributed by atoms with Crippen LogP contribution in [0.15, 0.2) is 54.7 Å². The molecule has 10 nitrogen and oxygen atoms in total. The molecule has 5 rings (SSSR count). The first-order chi connectivity index (χ1) is 17.5. The highest BCUT2D eigenvalue weighted by Crippen LogP contribution is 2.30. The number of hydrogen-bond acceptors (Lipinski definition) is 8. The van der Waals surface area contributed by atoms with Gasteiger partial charge in [0.05, 0.1) is 30.7 Å². The molecule has 36 heavy (non-hydrogen) atoms. The molecule has 1 unspecified atom stereocenters. The van der Waals surface area contributed by atoms with Crippen LogP contribution < -0.4 is 21.1 Å². The third-order valence-electron chi connectivity index (χ3n) is 6.24. The maximum atomic E-state index is 12.4. The van der Waals surface area contributed by atoms with E-state index >= 15 is 0 Å². The van der Waals surface area contributed by atoms with Gasteiger partial charge in [-0.1, -0.05) is 6.07 Å². The molecule has 2 aromatic carbocycles. The highest BCUT2D eigenvalue weighted by Gasteiger charge is 2.24. The topological polar surface area (TPSA) is 135 Å². The van der Waals surface area contributed by atoms with E-state index in [-0.39, 0.29) is 12.1 Å². The number of amides is 2. The molecule has 0 spiro atoms. The summed E-state index contributed by atoms with van der Waals surface area (Å²) in [5.41, 5.74) is 9.77. The standard InChI is InChI=1S/C26H30N6O4/c27-22-14-17(4-5-24(22)36-21-8-12-35-13-9-21)23-6-10-28-25(31-23)29-18-2-1-3-19(15-18)30-26(34)32-11-7-20(33)16-32/h1-6,10,14-15,20-21,33H,7-9,11-13,16,27H2,(H,30,34)(H,28,29,31). The number of nitrogen functional groups attached to an aromatic ring is 1. The van der Waals surface area contributed by atoms with E-state index in [9.17, 15) is 9.90 Å². The van der Waals surface area contributed by atoms with E-state index in [4.69, 9.17) is 15.2 Å². The maximum Gasteiger partial charge on any atom is 0.321 e. The minimum atomic E-state index is -0.459. The highest BCUT2D eigenvalue weighted by molar-refractivity contribution is 5.90. The average molecular weight is 491 g/mol. The van der Waals surface area contributed by atoms with Crippen LogP contribution in [0, 0.1) is 0 Å². The fourth-order valence-electron chi connectivity index (χ4n) is 4.30. The number of nitrogens with one attached hydrogen (secondary N) is 2. The largest absolute Gasteiger partial charge is 0.488 e. The molecule has 0 saturated carbocycles. The van der Waals surface area contributed by atoms with Crippen molar-refractivity contribution in [1.29, 1.82) is 0 Å². The highest BCUT2D eigenvalue weighted by atomic mass is 16.5. The molecule has 3 aromatic rings. The fraction of sp³-hybridized carbons (Fsp3) is 0.346. The number of rotatable bonds is 6. The van der Waals surface area contributed by atoms with Gasteiger partial charge in [-0.2, -0.15) is 0 Å². The first-order valence-electron chi connectivity index (χ1n) is 12.1. The summed E-state index contributed by atoms with van der Waals surface area (Å²) in [6.07, 6.45) is 3.64. The lowest BCUT2D eigenvalue weighted by molar-refractivity contribution is 0.0259. The lowest BCUT2D eigenvalue weighted by atomic mass is 10.1. The van der Waals surface area contributed by atoms with Gasteiger partial charge in [-0.3, -0.25) is 0 Å². The van der Waals surface area contributed by atoms with E-state index in [0.717, 1.165) is 24.1 Å². The van der Waals surface area contributed by atoms with Crippen molar-refractivity contribution in [3.8, 4) is 17.0 Å². The SMILES string of the molecule is Nc1cc(-c2ccnc(Nc3cccc(NC(=O)N4CCC(O)C4)c3)n2)ccc1OC1CCOCC1. The van der Waals surface area contributed by atoms with Gasteiger partial charge in [-0.25, -0.2) is 14.8 Å². The second kappa shape index (κ2) is 10.8. The number of likely N-dealkylation sites (tertiary alicyclic amines) is 1. The minimum absolute atomic E-state index is 0.115. The second-order valence-electron chi connectivity index (χ2n) is 8.97. The number of ether oxygens (including phenoxy) is 2. The number of carbonyl (C=O) groups excluding carboxylic acids is 1. The van der Waals surface area contributed by atoms with Crippen molar-refractivity contribution in [1.82, 2.24) is 14.9 Å². The molecule has 2 aliphatic rings. The molecule has 2 aliphatic heterocycles. The summed E-state index contributed by atoms with van der Waals surface area (Å²) in [7, 11) is 0. The molecule has 188 valence electrons. The summed E-state index contributed by atoms with van der Waals surface area (Å²) in [6, 6.07) is 14.6. The van der Waals surface area contributed by atoms with Crippen LogP contribution in [0.1, 0.15) is 19.3 Å². The second-order valence-corrected chi connectivity index (χ2v) is 8.97. The van der Waals surface area contributed by atoms with Gasteiger partial charge in [0.25, 0.3) is 0 Å². The Kier molecular flexibility index (Phi) is 7.15. The summed E-state index contributed by atoms with van der Waals surface area (Å²) >= 11 is 0. The minimum Gasteiger partial charge on any atom is -0.488 e. The van der Waals surface area contributed by atoms with Crippen molar-refractivity contribution in [3.05, 3.63) is 54.7 Å². The van der Waals surface area contributed by atoms with Crippen LogP contribution >= 0.6 is 0 Å². The Balaban J connectivity index is 1.25. The zero-order valence-corrected chi connectivity index (χ0v) is 19.9. The van der Waals surface area contributed by atoms with Crippen LogP contribution in [-0.2, 0) is 4.74 Å². The molecular formula is C26H30N6O4. The molecule has 1 atom stereocenters. The number of carbonyl (C=O) groups is 1. The van der Waals surface area contributed by atoms with Gasteiger partial charge in [0.2, 0.25) is 5.95 Å². The fourth-order valence-corrected chi connectivity index (χ4v) is 4.30. The lowest BCUT2D eigenvalue weighted by Crippen LogP contribution is -2.33. The zero-order chi connectivity index (χ0) is 24.9. The first-order valence-corrected chi connectivity index (χ1v) is 12.1. The van der Waals surface area contributed by atoms with Crippen LogP contribution in [-0.4, -0.2) is 64.5 Å². The van der Waals surface area contributed by atoms with Crippen molar-refractivity contribution in [3.63, 3.8) is 0 Å². The van der Waals surface area contributed by atoms with Crippen LogP contribution in [0.2, 0.25) is 0 Å². The number of nitrogens with zero attached hydrogens (tertiary/aromatic N) is 3. The molecular weight excluding hydrogens is 460 g/mol. The van der Waals surface area contributed by atoms with E-state index in [1.807, 2.05) is 36.4 Å². The molecule has 2 fully saturated rings. The third kappa shape index (κ3) is 5.84. The summed E-state index contributed by atoms with van der Waals surface area (Å²) < 4.78 is 11.4. The molecule has 0 aliphatic carbocycles. The Hall–Kier alpha value is -3.89. The van der Waals surface area contributed by atoms with Gasteiger partial charge >= 0.3 is 6.03 Å².